The Morgan fingerprint density at radius 1 is 1.54 bits per heavy atom. The fourth-order valence-corrected chi connectivity index (χ4v) is 1.15. The number of rotatable bonds is 2. The first-order valence-electron chi connectivity index (χ1n) is 3.84. The van der Waals surface area contributed by atoms with Gasteiger partial charge in [-0.3, -0.25) is 0 Å². The third kappa shape index (κ3) is 2.59. The van der Waals surface area contributed by atoms with Crippen LogP contribution in [0, 0.1) is 11.3 Å². The molecule has 2 N–H and O–H groups in total. The molecule has 0 spiro atoms. The molecule has 1 aromatic carbocycles. The molecule has 0 unspecified atom stereocenters. The van der Waals surface area contributed by atoms with Crippen molar-refractivity contribution in [1.82, 2.24) is 0 Å². The van der Waals surface area contributed by atoms with Gasteiger partial charge < -0.3 is 5.73 Å². The number of hydrogen-bond donors (Lipinski definition) is 1. The SMILES string of the molecule is N#Cc1ccc(Cl)cc1C=CCN. The molecule has 0 radical (unpaired) electrons. The predicted molar refractivity (Wildman–Crippen MR) is 54.3 cm³/mol. The predicted octanol–water partition coefficient (Wildman–Crippen LogP) is 2.18. The molecule has 1 rings (SSSR count). The first kappa shape index (κ1) is 9.79. The van der Waals surface area contributed by atoms with Crippen molar-refractivity contribution in [3.05, 3.63) is 40.4 Å². The maximum atomic E-state index is 8.75. The number of nitrogens with zero attached hydrogens (tertiary/aromatic N) is 1. The van der Waals surface area contributed by atoms with Gasteiger partial charge in [0.15, 0.2) is 0 Å². The number of nitrogens with two attached hydrogens (primary N) is 1. The van der Waals surface area contributed by atoms with E-state index in [1.807, 2.05) is 0 Å². The van der Waals surface area contributed by atoms with E-state index >= 15 is 0 Å². The first-order chi connectivity index (χ1) is 6.27. The summed E-state index contributed by atoms with van der Waals surface area (Å²) in [5.41, 5.74) is 6.71. The van der Waals surface area contributed by atoms with Crippen LogP contribution >= 0.6 is 11.6 Å². The summed E-state index contributed by atoms with van der Waals surface area (Å²) < 4.78 is 0. The second-order valence-electron chi connectivity index (χ2n) is 2.48. The monoisotopic (exact) mass is 192 g/mol. The Morgan fingerprint density at radius 3 is 2.92 bits per heavy atom. The van der Waals surface area contributed by atoms with Crippen LogP contribution < -0.4 is 5.73 Å². The maximum Gasteiger partial charge on any atom is 0.0997 e. The molecular formula is C10H9ClN2. The van der Waals surface area contributed by atoms with E-state index in [1.54, 1.807) is 30.4 Å². The molecule has 0 amide bonds. The van der Waals surface area contributed by atoms with Crippen molar-refractivity contribution < 1.29 is 0 Å². The third-order valence-electron chi connectivity index (χ3n) is 1.57. The van der Waals surface area contributed by atoms with Crippen molar-refractivity contribution in [2.45, 2.75) is 0 Å². The molecule has 2 nitrogen and oxygen atoms in total. The van der Waals surface area contributed by atoms with Crippen LogP contribution in [-0.2, 0) is 0 Å². The zero-order valence-corrected chi connectivity index (χ0v) is 7.75. The Hall–Kier alpha value is -1.30. The van der Waals surface area contributed by atoms with Gasteiger partial charge in [0.05, 0.1) is 11.6 Å². The summed E-state index contributed by atoms with van der Waals surface area (Å²) in [5.74, 6) is 0. The van der Waals surface area contributed by atoms with Gasteiger partial charge in [0.1, 0.15) is 0 Å². The lowest BCUT2D eigenvalue weighted by atomic mass is 10.1. The smallest absolute Gasteiger partial charge is 0.0997 e. The van der Waals surface area contributed by atoms with Gasteiger partial charge in [0.2, 0.25) is 0 Å². The van der Waals surface area contributed by atoms with Crippen LogP contribution in [0.4, 0.5) is 0 Å². The van der Waals surface area contributed by atoms with E-state index in [4.69, 9.17) is 22.6 Å². The lowest BCUT2D eigenvalue weighted by Crippen LogP contribution is -1.92. The second kappa shape index (κ2) is 4.66. The Labute approximate surface area is 82.2 Å². The largest absolute Gasteiger partial charge is 0.327 e. The standard InChI is InChI=1S/C10H9ClN2/c11-10-4-3-9(7-13)8(6-10)2-1-5-12/h1-4,6H,5,12H2. The highest BCUT2D eigenvalue weighted by Gasteiger charge is 1.98. The Kier molecular flexibility index (Phi) is 3.51. The summed E-state index contributed by atoms with van der Waals surface area (Å²) in [5, 5.41) is 9.37. The molecule has 0 saturated heterocycles. The van der Waals surface area contributed by atoms with Crippen molar-refractivity contribution in [2.75, 3.05) is 6.54 Å². The first-order valence-corrected chi connectivity index (χ1v) is 4.22. The van der Waals surface area contributed by atoms with E-state index < -0.39 is 0 Å². The van der Waals surface area contributed by atoms with E-state index in [1.165, 1.54) is 0 Å². The molecule has 0 aliphatic heterocycles. The van der Waals surface area contributed by atoms with Crippen LogP contribution in [-0.4, -0.2) is 6.54 Å². The van der Waals surface area contributed by atoms with E-state index in [0.29, 0.717) is 17.1 Å². The summed E-state index contributed by atoms with van der Waals surface area (Å²) in [6, 6.07) is 7.21. The Balaban J connectivity index is 3.10. The molecule has 66 valence electrons. The van der Waals surface area contributed by atoms with Gasteiger partial charge in [-0.2, -0.15) is 5.26 Å². The second-order valence-corrected chi connectivity index (χ2v) is 2.92. The minimum atomic E-state index is 0.456. The van der Waals surface area contributed by atoms with Crippen LogP contribution in [0.15, 0.2) is 24.3 Å². The van der Waals surface area contributed by atoms with Crippen molar-refractivity contribution in [1.29, 1.82) is 5.26 Å². The van der Waals surface area contributed by atoms with Crippen LogP contribution in [0.25, 0.3) is 6.08 Å². The van der Waals surface area contributed by atoms with Gasteiger partial charge in [0.25, 0.3) is 0 Å². The van der Waals surface area contributed by atoms with Gasteiger partial charge in [-0.15, -0.1) is 0 Å². The summed E-state index contributed by atoms with van der Waals surface area (Å²) in [7, 11) is 0. The summed E-state index contributed by atoms with van der Waals surface area (Å²) in [6.07, 6.45) is 3.58. The maximum absolute atomic E-state index is 8.75. The molecule has 13 heavy (non-hydrogen) atoms. The number of benzene rings is 1. The molecule has 0 aliphatic carbocycles. The topological polar surface area (TPSA) is 49.8 Å². The van der Waals surface area contributed by atoms with Crippen molar-refractivity contribution in [2.24, 2.45) is 5.73 Å². The normalized spacial score (nSPS) is 10.2. The molecule has 0 saturated carbocycles. The molecule has 1 aromatic rings. The van der Waals surface area contributed by atoms with Crippen LogP contribution in [0.1, 0.15) is 11.1 Å². The minimum Gasteiger partial charge on any atom is -0.327 e. The highest BCUT2D eigenvalue weighted by molar-refractivity contribution is 6.30. The molecule has 0 bridgehead atoms. The van der Waals surface area contributed by atoms with Gasteiger partial charge in [-0.05, 0) is 23.8 Å². The van der Waals surface area contributed by atoms with Crippen molar-refractivity contribution >= 4 is 17.7 Å². The van der Waals surface area contributed by atoms with Crippen LogP contribution in [0.5, 0.6) is 0 Å². The molecular weight excluding hydrogens is 184 g/mol. The molecule has 0 fully saturated rings. The van der Waals surface area contributed by atoms with Gasteiger partial charge in [-0.25, -0.2) is 0 Å². The Bertz CT molecular complexity index is 364. The van der Waals surface area contributed by atoms with E-state index in [9.17, 15) is 0 Å². The summed E-state index contributed by atoms with van der Waals surface area (Å²) in [4.78, 5) is 0. The lowest BCUT2D eigenvalue weighted by Gasteiger charge is -1.97. The van der Waals surface area contributed by atoms with E-state index in [-0.39, 0.29) is 0 Å². The van der Waals surface area contributed by atoms with Crippen LogP contribution in [0.2, 0.25) is 5.02 Å². The molecule has 0 heterocycles. The summed E-state index contributed by atoms with van der Waals surface area (Å²) >= 11 is 5.78. The van der Waals surface area contributed by atoms with Gasteiger partial charge in [-0.1, -0.05) is 23.8 Å². The number of hydrogen-bond acceptors (Lipinski definition) is 2. The van der Waals surface area contributed by atoms with Crippen molar-refractivity contribution in [3.63, 3.8) is 0 Å². The van der Waals surface area contributed by atoms with Gasteiger partial charge in [0, 0.05) is 11.6 Å². The van der Waals surface area contributed by atoms with Gasteiger partial charge >= 0.3 is 0 Å². The number of nitriles is 1. The fraction of sp³-hybridized carbons (Fsp3) is 0.100. The summed E-state index contributed by atoms with van der Waals surface area (Å²) in [6.45, 7) is 0.456. The van der Waals surface area contributed by atoms with E-state index in [2.05, 4.69) is 6.07 Å². The third-order valence-corrected chi connectivity index (χ3v) is 1.80. The average Bonchev–Trinajstić information content (AvgIpc) is 2.15. The van der Waals surface area contributed by atoms with Crippen molar-refractivity contribution in [3.8, 4) is 6.07 Å². The fourth-order valence-electron chi connectivity index (χ4n) is 0.968. The highest BCUT2D eigenvalue weighted by Crippen LogP contribution is 2.16. The zero-order valence-electron chi connectivity index (χ0n) is 7.00. The minimum absolute atomic E-state index is 0.456. The Morgan fingerprint density at radius 2 is 2.31 bits per heavy atom. The lowest BCUT2D eigenvalue weighted by molar-refractivity contribution is 1.26. The molecule has 0 aromatic heterocycles. The number of halogens is 1. The molecule has 3 heteroatoms. The van der Waals surface area contributed by atoms with E-state index in [0.717, 1.165) is 5.56 Å². The molecule has 0 aliphatic rings. The average molecular weight is 193 g/mol. The van der Waals surface area contributed by atoms with Crippen LogP contribution in [0.3, 0.4) is 0 Å². The molecule has 0 atom stereocenters. The highest BCUT2D eigenvalue weighted by atomic mass is 35.5. The zero-order chi connectivity index (χ0) is 9.68. The quantitative estimate of drug-likeness (QED) is 0.781.